The van der Waals surface area contributed by atoms with Gasteiger partial charge in [-0.2, -0.15) is 5.10 Å². The minimum Gasteiger partial charge on any atom is -0.479 e. The Morgan fingerprint density at radius 2 is 1.61 bits per heavy atom. The average Bonchev–Trinajstić information content (AvgIpc) is 3.38. The van der Waals surface area contributed by atoms with Crippen molar-refractivity contribution in [1.82, 2.24) is 15.1 Å². The fourth-order valence-electron chi connectivity index (χ4n) is 4.26. The number of hydrogen-bond donors (Lipinski definition) is 4. The number of amides is 1. The summed E-state index contributed by atoms with van der Waals surface area (Å²) in [4.78, 5) is 36.2. The highest BCUT2D eigenvalue weighted by Gasteiger charge is 2.26. The van der Waals surface area contributed by atoms with Crippen LogP contribution in [0.5, 0.6) is 0 Å². The number of aliphatic hydroxyl groups is 1. The predicted octanol–water partition coefficient (Wildman–Crippen LogP) is 4.40. The van der Waals surface area contributed by atoms with Crippen molar-refractivity contribution < 1.29 is 38.5 Å². The van der Waals surface area contributed by atoms with Crippen LogP contribution in [0.15, 0.2) is 72.8 Å². The van der Waals surface area contributed by atoms with Crippen LogP contribution >= 0.6 is 11.6 Å². The first-order chi connectivity index (χ1) is 19.5. The second kappa shape index (κ2) is 12.7. The van der Waals surface area contributed by atoms with E-state index in [0.29, 0.717) is 0 Å². The van der Waals surface area contributed by atoms with Gasteiger partial charge in [0.15, 0.2) is 11.8 Å². The standard InChI is InChI=1S/C29H24ClF2N3O6/c30-21-10-11-22(31)20(26(21)32)15-35-24(28(38)39)14-23(34-35)27(37)33-19(13-25(36)29(40)41)12-16-6-8-18(9-7-16)17-4-2-1-3-5-17/h1-11,14,19,25,36H,12-13,15H2,(H,33,37)(H,38,39)(H,40,41)/t19-,25?/m1/s1. The maximum atomic E-state index is 14.4. The van der Waals surface area contributed by atoms with E-state index in [-0.39, 0.29) is 23.6 Å². The third kappa shape index (κ3) is 7.13. The van der Waals surface area contributed by atoms with Crippen LogP contribution in [-0.2, 0) is 17.8 Å². The van der Waals surface area contributed by atoms with Crippen molar-refractivity contribution in [3.8, 4) is 11.1 Å². The van der Waals surface area contributed by atoms with Crippen molar-refractivity contribution in [2.24, 2.45) is 0 Å². The average molecular weight is 584 g/mol. The van der Waals surface area contributed by atoms with E-state index in [1.807, 2.05) is 42.5 Å². The van der Waals surface area contributed by atoms with Crippen LogP contribution in [0.25, 0.3) is 11.1 Å². The second-order valence-corrected chi connectivity index (χ2v) is 9.63. The molecule has 1 aromatic heterocycles. The number of halogens is 3. The summed E-state index contributed by atoms with van der Waals surface area (Å²) >= 11 is 5.72. The molecule has 4 aromatic rings. The minimum atomic E-state index is -1.79. The van der Waals surface area contributed by atoms with Gasteiger partial charge in [-0.05, 0) is 35.2 Å². The topological polar surface area (TPSA) is 142 Å². The molecule has 0 spiro atoms. The summed E-state index contributed by atoms with van der Waals surface area (Å²) in [6, 6.07) is 18.9. The van der Waals surface area contributed by atoms with Gasteiger partial charge < -0.3 is 20.6 Å². The van der Waals surface area contributed by atoms with Gasteiger partial charge in [0.1, 0.15) is 17.3 Å². The van der Waals surface area contributed by atoms with Crippen molar-refractivity contribution in [3.63, 3.8) is 0 Å². The monoisotopic (exact) mass is 583 g/mol. The zero-order chi connectivity index (χ0) is 29.7. The summed E-state index contributed by atoms with van der Waals surface area (Å²) < 4.78 is 29.4. The highest BCUT2D eigenvalue weighted by molar-refractivity contribution is 6.30. The van der Waals surface area contributed by atoms with E-state index in [1.54, 1.807) is 12.1 Å². The van der Waals surface area contributed by atoms with Gasteiger partial charge in [0.25, 0.3) is 5.91 Å². The molecule has 2 atom stereocenters. The van der Waals surface area contributed by atoms with E-state index in [0.717, 1.165) is 39.6 Å². The number of aliphatic hydroxyl groups excluding tert-OH is 1. The number of aromatic carboxylic acids is 1. The van der Waals surface area contributed by atoms with E-state index >= 15 is 0 Å². The normalized spacial score (nSPS) is 12.5. The molecule has 0 aliphatic heterocycles. The number of benzene rings is 3. The number of carbonyl (C=O) groups excluding carboxylic acids is 1. The van der Waals surface area contributed by atoms with Crippen LogP contribution in [0, 0.1) is 11.6 Å². The SMILES string of the molecule is O=C(N[C@H](Cc1ccc(-c2ccccc2)cc1)CC(O)C(=O)O)c1cc(C(=O)O)n(Cc2c(F)ccc(Cl)c2F)n1. The highest BCUT2D eigenvalue weighted by atomic mass is 35.5. The molecule has 212 valence electrons. The van der Waals surface area contributed by atoms with Crippen molar-refractivity contribution in [3.05, 3.63) is 112 Å². The molecule has 0 aliphatic rings. The Bertz CT molecular complexity index is 1580. The van der Waals surface area contributed by atoms with Gasteiger partial charge in [-0.15, -0.1) is 0 Å². The number of nitrogens with one attached hydrogen (secondary N) is 1. The first kappa shape index (κ1) is 29.4. The lowest BCUT2D eigenvalue weighted by Crippen LogP contribution is -2.40. The maximum absolute atomic E-state index is 14.4. The van der Waals surface area contributed by atoms with Crippen molar-refractivity contribution in [2.75, 3.05) is 0 Å². The zero-order valence-electron chi connectivity index (χ0n) is 21.3. The van der Waals surface area contributed by atoms with Gasteiger partial charge >= 0.3 is 11.9 Å². The highest BCUT2D eigenvalue weighted by Crippen LogP contribution is 2.23. The second-order valence-electron chi connectivity index (χ2n) is 9.23. The first-order valence-electron chi connectivity index (χ1n) is 12.3. The lowest BCUT2D eigenvalue weighted by molar-refractivity contribution is -0.147. The molecule has 0 aliphatic carbocycles. The summed E-state index contributed by atoms with van der Waals surface area (Å²) in [5.74, 6) is -5.93. The zero-order valence-corrected chi connectivity index (χ0v) is 22.1. The number of aliphatic carboxylic acids is 1. The van der Waals surface area contributed by atoms with Gasteiger partial charge in [0.2, 0.25) is 0 Å². The van der Waals surface area contributed by atoms with Crippen LogP contribution in [-0.4, -0.2) is 55.1 Å². The molecule has 41 heavy (non-hydrogen) atoms. The van der Waals surface area contributed by atoms with E-state index < -0.39 is 59.4 Å². The fraction of sp³-hybridized carbons (Fsp3) is 0.172. The molecule has 4 N–H and O–H groups in total. The number of aromatic nitrogens is 2. The summed E-state index contributed by atoms with van der Waals surface area (Å²) in [6.07, 6.45) is -2.01. The molecule has 4 rings (SSSR count). The third-order valence-corrected chi connectivity index (χ3v) is 6.64. The molecule has 0 fully saturated rings. The smallest absolute Gasteiger partial charge is 0.354 e. The number of rotatable bonds is 11. The van der Waals surface area contributed by atoms with E-state index in [9.17, 15) is 38.5 Å². The van der Waals surface area contributed by atoms with Crippen LogP contribution in [0.1, 0.15) is 38.5 Å². The quantitative estimate of drug-likeness (QED) is 0.192. The van der Waals surface area contributed by atoms with Gasteiger partial charge in [0.05, 0.1) is 11.6 Å². The summed E-state index contributed by atoms with van der Waals surface area (Å²) in [5.41, 5.74) is 1.21. The molecule has 1 amide bonds. The number of carboxylic acids is 2. The van der Waals surface area contributed by atoms with Gasteiger partial charge in [-0.1, -0.05) is 66.2 Å². The van der Waals surface area contributed by atoms with E-state index in [4.69, 9.17) is 11.6 Å². The molecule has 3 aromatic carbocycles. The fourth-order valence-corrected chi connectivity index (χ4v) is 4.43. The summed E-state index contributed by atoms with van der Waals surface area (Å²) in [5, 5.41) is 34.9. The third-order valence-electron chi connectivity index (χ3n) is 6.35. The first-order valence-corrected chi connectivity index (χ1v) is 12.7. The Hall–Kier alpha value is -4.61. The molecule has 0 radical (unpaired) electrons. The van der Waals surface area contributed by atoms with Gasteiger partial charge in [0, 0.05) is 24.1 Å². The van der Waals surface area contributed by atoms with Crippen molar-refractivity contribution in [1.29, 1.82) is 0 Å². The predicted molar refractivity (Wildman–Crippen MR) is 145 cm³/mol. The molecule has 9 nitrogen and oxygen atoms in total. The van der Waals surface area contributed by atoms with Crippen LogP contribution in [0.2, 0.25) is 5.02 Å². The molecule has 12 heteroatoms. The number of hydrogen-bond acceptors (Lipinski definition) is 5. The number of carbonyl (C=O) groups is 3. The number of carboxylic acid groups (broad SMARTS) is 2. The molecule has 1 heterocycles. The van der Waals surface area contributed by atoms with Crippen molar-refractivity contribution in [2.45, 2.75) is 31.5 Å². The Kier molecular flexibility index (Phi) is 9.10. The molecular weight excluding hydrogens is 560 g/mol. The van der Waals surface area contributed by atoms with Gasteiger partial charge in [-0.25, -0.2) is 18.4 Å². The Balaban J connectivity index is 1.56. The molecule has 0 saturated heterocycles. The lowest BCUT2D eigenvalue weighted by atomic mass is 9.97. The Morgan fingerprint density at radius 3 is 2.24 bits per heavy atom. The lowest BCUT2D eigenvalue weighted by Gasteiger charge is -2.20. The molecule has 0 saturated carbocycles. The van der Waals surface area contributed by atoms with Gasteiger partial charge in [-0.3, -0.25) is 9.48 Å². The Labute approximate surface area is 237 Å². The molecule has 1 unspecified atom stereocenters. The van der Waals surface area contributed by atoms with Crippen molar-refractivity contribution >= 4 is 29.4 Å². The molecular formula is C29H24ClF2N3O6. The number of nitrogens with zero attached hydrogens (tertiary/aromatic N) is 2. The summed E-state index contributed by atoms with van der Waals surface area (Å²) in [6.45, 7) is -0.665. The largest absolute Gasteiger partial charge is 0.479 e. The summed E-state index contributed by atoms with van der Waals surface area (Å²) in [7, 11) is 0. The Morgan fingerprint density at radius 1 is 0.951 bits per heavy atom. The minimum absolute atomic E-state index is 0.135. The van der Waals surface area contributed by atoms with Crippen LogP contribution in [0.3, 0.4) is 0 Å². The van der Waals surface area contributed by atoms with Crippen LogP contribution in [0.4, 0.5) is 8.78 Å². The molecule has 0 bridgehead atoms. The van der Waals surface area contributed by atoms with E-state index in [1.165, 1.54) is 0 Å². The van der Waals surface area contributed by atoms with Crippen LogP contribution < -0.4 is 5.32 Å². The maximum Gasteiger partial charge on any atom is 0.354 e. The van der Waals surface area contributed by atoms with E-state index in [2.05, 4.69) is 10.4 Å².